The van der Waals surface area contributed by atoms with Crippen molar-refractivity contribution in [1.82, 2.24) is 4.98 Å². The lowest BCUT2D eigenvalue weighted by Crippen LogP contribution is -1.94. The lowest BCUT2D eigenvalue weighted by atomic mass is 10.1. The molecule has 60 valence electrons. The third-order valence-corrected chi connectivity index (χ3v) is 2.71. The van der Waals surface area contributed by atoms with Gasteiger partial charge >= 0.3 is 0 Å². The van der Waals surface area contributed by atoms with Gasteiger partial charge in [-0.15, -0.1) is 0 Å². The first kappa shape index (κ1) is 9.26. The Hall–Kier alpha value is 0.170. The molecule has 0 aliphatic rings. The molecular weight excluding hydrogens is 272 g/mol. The lowest BCUT2D eigenvalue weighted by Gasteiger charge is -2.08. The second-order valence-corrected chi connectivity index (χ2v) is 4.17. The van der Waals surface area contributed by atoms with Gasteiger partial charge in [0.05, 0.1) is 0 Å². The normalized spacial score (nSPS) is 10.6. The first-order valence-electron chi connectivity index (χ1n) is 3.43. The predicted molar refractivity (Wildman–Crippen MR) is 56.1 cm³/mol. The van der Waals surface area contributed by atoms with Crippen molar-refractivity contribution in [2.75, 3.05) is 0 Å². The van der Waals surface area contributed by atoms with Crippen LogP contribution in [0.1, 0.15) is 25.3 Å². The highest BCUT2D eigenvalue weighted by Gasteiger charge is 2.08. The van der Waals surface area contributed by atoms with Gasteiger partial charge in [-0.05, 0) is 34.6 Å². The van der Waals surface area contributed by atoms with Crippen molar-refractivity contribution in [2.45, 2.75) is 19.8 Å². The fourth-order valence-corrected chi connectivity index (χ4v) is 2.51. The number of pyridine rings is 1. The second kappa shape index (κ2) is 3.72. The van der Waals surface area contributed by atoms with E-state index in [0.29, 0.717) is 11.1 Å². The van der Waals surface area contributed by atoms with E-state index in [1.165, 1.54) is 3.57 Å². The van der Waals surface area contributed by atoms with Gasteiger partial charge < -0.3 is 0 Å². The summed E-state index contributed by atoms with van der Waals surface area (Å²) in [6, 6.07) is 1.97. The number of rotatable bonds is 1. The second-order valence-electron chi connectivity index (χ2n) is 2.65. The van der Waals surface area contributed by atoms with Gasteiger partial charge in [0.2, 0.25) is 0 Å². The molecule has 1 nitrogen and oxygen atoms in total. The van der Waals surface area contributed by atoms with Crippen LogP contribution in [0, 0.1) is 3.57 Å². The summed E-state index contributed by atoms with van der Waals surface area (Å²) in [5.74, 6) is 0.447. The Balaban J connectivity index is 3.21. The Bertz CT molecular complexity index is 240. The Labute approximate surface area is 85.3 Å². The first-order chi connectivity index (χ1) is 5.13. The van der Waals surface area contributed by atoms with E-state index < -0.39 is 0 Å². The number of halogens is 2. The molecule has 0 spiro atoms. The molecule has 0 radical (unpaired) electrons. The largest absolute Gasteiger partial charge is 0.244 e. The average molecular weight is 282 g/mol. The zero-order valence-electron chi connectivity index (χ0n) is 6.44. The molecule has 0 saturated heterocycles. The molecule has 1 heterocycles. The molecule has 0 saturated carbocycles. The van der Waals surface area contributed by atoms with Crippen LogP contribution in [-0.2, 0) is 0 Å². The van der Waals surface area contributed by atoms with E-state index in [1.54, 1.807) is 6.20 Å². The molecule has 0 atom stereocenters. The molecule has 0 amide bonds. The maximum absolute atomic E-state index is 5.91. The van der Waals surface area contributed by atoms with Crippen molar-refractivity contribution in [3.63, 3.8) is 0 Å². The third-order valence-electron chi connectivity index (χ3n) is 1.47. The summed E-state index contributed by atoms with van der Waals surface area (Å²) in [5.41, 5.74) is 1.15. The van der Waals surface area contributed by atoms with Crippen molar-refractivity contribution in [3.8, 4) is 0 Å². The smallest absolute Gasteiger partial charge is 0.133 e. The van der Waals surface area contributed by atoms with E-state index in [1.807, 2.05) is 6.07 Å². The van der Waals surface area contributed by atoms with Gasteiger partial charge in [0.25, 0.3) is 0 Å². The predicted octanol–water partition coefficient (Wildman–Crippen LogP) is 3.46. The molecule has 0 aromatic carbocycles. The van der Waals surface area contributed by atoms with Crippen LogP contribution in [-0.4, -0.2) is 4.98 Å². The van der Waals surface area contributed by atoms with Gasteiger partial charge in [-0.2, -0.15) is 0 Å². The quantitative estimate of drug-likeness (QED) is 0.567. The van der Waals surface area contributed by atoms with Crippen molar-refractivity contribution >= 4 is 34.2 Å². The third kappa shape index (κ3) is 2.06. The van der Waals surface area contributed by atoms with Crippen molar-refractivity contribution in [3.05, 3.63) is 26.5 Å². The Morgan fingerprint density at radius 3 is 2.55 bits per heavy atom. The van der Waals surface area contributed by atoms with Crippen LogP contribution in [0.2, 0.25) is 5.15 Å². The van der Waals surface area contributed by atoms with Gasteiger partial charge in [0.1, 0.15) is 5.15 Å². The standard InChI is InChI=1S/C8H9ClIN/c1-5(2)7-6(10)3-4-11-8(7)9/h3-5H,1-2H3. The van der Waals surface area contributed by atoms with Gasteiger partial charge in [-0.25, -0.2) is 4.98 Å². The van der Waals surface area contributed by atoms with Crippen molar-refractivity contribution < 1.29 is 0 Å². The van der Waals surface area contributed by atoms with Gasteiger partial charge in [-0.1, -0.05) is 25.4 Å². The minimum Gasteiger partial charge on any atom is -0.244 e. The summed E-state index contributed by atoms with van der Waals surface area (Å²) >= 11 is 8.19. The average Bonchev–Trinajstić information content (AvgIpc) is 1.85. The van der Waals surface area contributed by atoms with Crippen molar-refractivity contribution in [1.29, 1.82) is 0 Å². The molecule has 11 heavy (non-hydrogen) atoms. The van der Waals surface area contributed by atoms with E-state index in [0.717, 1.165) is 5.56 Å². The SMILES string of the molecule is CC(C)c1c(I)ccnc1Cl. The van der Waals surface area contributed by atoms with E-state index in [2.05, 4.69) is 41.4 Å². The summed E-state index contributed by atoms with van der Waals surface area (Å²) in [6.07, 6.45) is 1.73. The fraction of sp³-hybridized carbons (Fsp3) is 0.375. The van der Waals surface area contributed by atoms with E-state index >= 15 is 0 Å². The number of aromatic nitrogens is 1. The number of nitrogens with zero attached hydrogens (tertiary/aromatic N) is 1. The molecule has 0 fully saturated rings. The summed E-state index contributed by atoms with van der Waals surface area (Å²) in [5, 5.41) is 0.631. The van der Waals surface area contributed by atoms with Crippen LogP contribution in [0.3, 0.4) is 0 Å². The summed E-state index contributed by atoms with van der Waals surface area (Å²) in [7, 11) is 0. The van der Waals surface area contributed by atoms with Gasteiger partial charge in [0.15, 0.2) is 0 Å². The minimum absolute atomic E-state index is 0.447. The Kier molecular flexibility index (Phi) is 3.13. The van der Waals surface area contributed by atoms with E-state index in [-0.39, 0.29) is 0 Å². The molecule has 0 aliphatic carbocycles. The molecule has 0 aliphatic heterocycles. The molecule has 1 aromatic heterocycles. The number of hydrogen-bond acceptors (Lipinski definition) is 1. The fourth-order valence-electron chi connectivity index (χ4n) is 0.940. The molecule has 0 N–H and O–H groups in total. The van der Waals surface area contributed by atoms with Gasteiger partial charge in [-0.3, -0.25) is 0 Å². The Morgan fingerprint density at radius 1 is 1.55 bits per heavy atom. The number of hydrogen-bond donors (Lipinski definition) is 0. The van der Waals surface area contributed by atoms with Crippen LogP contribution in [0.25, 0.3) is 0 Å². The van der Waals surface area contributed by atoms with Crippen LogP contribution in [0.15, 0.2) is 12.3 Å². The zero-order chi connectivity index (χ0) is 8.43. The maximum Gasteiger partial charge on any atom is 0.133 e. The van der Waals surface area contributed by atoms with E-state index in [9.17, 15) is 0 Å². The maximum atomic E-state index is 5.91. The first-order valence-corrected chi connectivity index (χ1v) is 4.88. The molecule has 0 bridgehead atoms. The van der Waals surface area contributed by atoms with Crippen molar-refractivity contribution in [2.24, 2.45) is 0 Å². The molecular formula is C8H9ClIN. The zero-order valence-corrected chi connectivity index (χ0v) is 9.35. The topological polar surface area (TPSA) is 12.9 Å². The molecule has 3 heteroatoms. The minimum atomic E-state index is 0.447. The highest BCUT2D eigenvalue weighted by atomic mass is 127. The van der Waals surface area contributed by atoms with Gasteiger partial charge in [0, 0.05) is 15.3 Å². The van der Waals surface area contributed by atoms with E-state index in [4.69, 9.17) is 11.6 Å². The molecule has 0 unspecified atom stereocenters. The lowest BCUT2D eigenvalue weighted by molar-refractivity contribution is 0.851. The summed E-state index contributed by atoms with van der Waals surface area (Å²) in [6.45, 7) is 4.23. The van der Waals surface area contributed by atoms with Crippen LogP contribution in [0.5, 0.6) is 0 Å². The van der Waals surface area contributed by atoms with Crippen LogP contribution >= 0.6 is 34.2 Å². The summed E-state index contributed by atoms with van der Waals surface area (Å²) < 4.78 is 1.19. The van der Waals surface area contributed by atoms with Crippen LogP contribution in [0.4, 0.5) is 0 Å². The highest BCUT2D eigenvalue weighted by Crippen LogP contribution is 2.26. The molecule has 1 rings (SSSR count). The molecule has 1 aromatic rings. The van der Waals surface area contributed by atoms with Crippen LogP contribution < -0.4 is 0 Å². The monoisotopic (exact) mass is 281 g/mol. The Morgan fingerprint density at radius 2 is 2.18 bits per heavy atom. The summed E-state index contributed by atoms with van der Waals surface area (Å²) in [4.78, 5) is 4.02. The highest BCUT2D eigenvalue weighted by molar-refractivity contribution is 14.1.